The quantitative estimate of drug-likeness (QED) is 0.220. The molecular weight excluding hydrogens is 690 g/mol. The Balaban J connectivity index is 1.67. The summed E-state index contributed by atoms with van der Waals surface area (Å²) in [5.74, 6) is -1.86. The summed E-state index contributed by atoms with van der Waals surface area (Å²) in [4.78, 5) is 72.7. The van der Waals surface area contributed by atoms with Gasteiger partial charge in [0.2, 0.25) is 5.91 Å². The first-order valence-electron chi connectivity index (χ1n) is 17.3. The first kappa shape index (κ1) is 38.8. The van der Waals surface area contributed by atoms with Crippen LogP contribution in [0.4, 0.5) is 16.2 Å². The molecule has 3 atom stereocenters. The van der Waals surface area contributed by atoms with Gasteiger partial charge in [0.25, 0.3) is 11.8 Å². The fourth-order valence-corrected chi connectivity index (χ4v) is 6.29. The lowest BCUT2D eigenvalue weighted by Gasteiger charge is -2.34. The summed E-state index contributed by atoms with van der Waals surface area (Å²) < 4.78 is 16.0. The molecule has 0 fully saturated rings. The van der Waals surface area contributed by atoms with E-state index >= 15 is 4.79 Å². The largest absolute Gasteiger partial charge is 0.496 e. The number of carbonyl (C=O) groups is 5. The number of benzene rings is 4. The normalized spacial score (nSPS) is 16.0. The molecule has 4 aromatic carbocycles. The second-order valence-corrected chi connectivity index (χ2v) is 13.9. The van der Waals surface area contributed by atoms with E-state index < -0.39 is 53.5 Å². The molecule has 5 rings (SSSR count). The van der Waals surface area contributed by atoms with Crippen molar-refractivity contribution in [2.24, 2.45) is 0 Å². The summed E-state index contributed by atoms with van der Waals surface area (Å²) in [5, 5.41) is 14.5. The number of nitrogens with one attached hydrogen (secondary N) is 1. The molecule has 0 aliphatic carbocycles. The predicted molar refractivity (Wildman–Crippen MR) is 202 cm³/mol. The average Bonchev–Trinajstić information content (AvgIpc) is 3.24. The van der Waals surface area contributed by atoms with E-state index in [1.54, 1.807) is 39.8 Å². The number of anilines is 2. The molecular formula is C41H43N5O8. The van der Waals surface area contributed by atoms with E-state index in [1.807, 2.05) is 36.4 Å². The number of rotatable bonds is 8. The zero-order valence-corrected chi connectivity index (χ0v) is 31.5. The number of hydrogen-bond donors (Lipinski definition) is 1. The second kappa shape index (κ2) is 15.7. The van der Waals surface area contributed by atoms with E-state index in [-0.39, 0.29) is 28.9 Å². The van der Waals surface area contributed by atoms with Crippen LogP contribution in [0, 0.1) is 11.3 Å². The summed E-state index contributed by atoms with van der Waals surface area (Å²) in [6.45, 7) is 8.21. The number of nitrogens with zero attached hydrogens (tertiary/aromatic N) is 4. The molecule has 13 nitrogen and oxygen atoms in total. The number of amides is 4. The zero-order chi connectivity index (χ0) is 39.5. The van der Waals surface area contributed by atoms with Crippen molar-refractivity contribution < 1.29 is 38.2 Å². The Kier molecular flexibility index (Phi) is 11.3. The Morgan fingerprint density at radius 2 is 1.61 bits per heavy atom. The first-order chi connectivity index (χ1) is 25.6. The molecule has 0 spiro atoms. The lowest BCUT2D eigenvalue weighted by Crippen LogP contribution is -2.60. The molecule has 0 bridgehead atoms. The summed E-state index contributed by atoms with van der Waals surface area (Å²) in [6.07, 6.45) is -0.737. The van der Waals surface area contributed by atoms with E-state index in [4.69, 9.17) is 14.2 Å². The Morgan fingerprint density at radius 3 is 2.24 bits per heavy atom. The van der Waals surface area contributed by atoms with Crippen molar-refractivity contribution in [3.05, 3.63) is 101 Å². The van der Waals surface area contributed by atoms with E-state index in [1.165, 1.54) is 68.3 Å². The maximum Gasteiger partial charge on any atom is 0.410 e. The van der Waals surface area contributed by atoms with Gasteiger partial charge in [0.1, 0.15) is 23.4 Å². The Labute approximate surface area is 314 Å². The Bertz CT molecular complexity index is 2150. The van der Waals surface area contributed by atoms with Crippen molar-refractivity contribution in [3.8, 4) is 11.8 Å². The third-order valence-corrected chi connectivity index (χ3v) is 9.32. The van der Waals surface area contributed by atoms with Gasteiger partial charge in [-0.25, -0.2) is 9.59 Å². The highest BCUT2D eigenvalue weighted by Gasteiger charge is 2.44. The number of likely N-dealkylation sites (N-methyl/N-ethyl adjacent to an activating group) is 1. The molecule has 54 heavy (non-hydrogen) atoms. The van der Waals surface area contributed by atoms with Crippen LogP contribution in [0.2, 0.25) is 0 Å². The van der Waals surface area contributed by atoms with Crippen LogP contribution in [0.25, 0.3) is 10.8 Å². The maximum atomic E-state index is 15.0. The molecule has 0 saturated carbocycles. The van der Waals surface area contributed by atoms with E-state index in [2.05, 4.69) is 11.4 Å². The lowest BCUT2D eigenvalue weighted by atomic mass is 10.0. The van der Waals surface area contributed by atoms with Crippen molar-refractivity contribution in [2.75, 3.05) is 31.1 Å². The zero-order valence-electron chi connectivity index (χ0n) is 31.5. The van der Waals surface area contributed by atoms with Crippen molar-refractivity contribution in [2.45, 2.75) is 64.9 Å². The fourth-order valence-electron chi connectivity index (χ4n) is 6.29. The van der Waals surface area contributed by atoms with Gasteiger partial charge in [-0.05, 0) is 93.9 Å². The summed E-state index contributed by atoms with van der Waals surface area (Å²) in [5.41, 5.74) is 1.02. The SMILES string of the molecule is COC(=O)c1ccc(C(=O)N2c3cc(C#N)ccc3N(Cc3c(OC)ccc4ccccc34)C(=O)[C@@H](NC(=O)C(C)N(C)C(=O)OC(C)(C)C)[C@@H]2C)cc1. The lowest BCUT2D eigenvalue weighted by molar-refractivity contribution is -0.130. The van der Waals surface area contributed by atoms with Gasteiger partial charge in [-0.1, -0.05) is 30.3 Å². The highest BCUT2D eigenvalue weighted by atomic mass is 16.6. The van der Waals surface area contributed by atoms with Crippen molar-refractivity contribution in [1.82, 2.24) is 10.2 Å². The van der Waals surface area contributed by atoms with Crippen LogP contribution in [0.5, 0.6) is 5.75 Å². The molecule has 1 unspecified atom stereocenters. The van der Waals surface area contributed by atoms with E-state index in [0.29, 0.717) is 17.0 Å². The number of carbonyl (C=O) groups excluding carboxylic acids is 5. The van der Waals surface area contributed by atoms with Crippen molar-refractivity contribution >= 4 is 51.9 Å². The average molecular weight is 734 g/mol. The molecule has 4 aromatic rings. The third-order valence-electron chi connectivity index (χ3n) is 9.32. The number of esters is 1. The van der Waals surface area contributed by atoms with Crippen LogP contribution in [0.3, 0.4) is 0 Å². The monoisotopic (exact) mass is 733 g/mol. The van der Waals surface area contributed by atoms with Crippen LogP contribution in [-0.4, -0.2) is 79.7 Å². The maximum absolute atomic E-state index is 15.0. The number of nitriles is 1. The van der Waals surface area contributed by atoms with Gasteiger partial charge in [0.05, 0.1) is 55.4 Å². The van der Waals surface area contributed by atoms with Gasteiger partial charge in [0, 0.05) is 18.2 Å². The molecule has 1 aliphatic heterocycles. The number of fused-ring (bicyclic) bond motifs is 2. The summed E-state index contributed by atoms with van der Waals surface area (Å²) in [6, 6.07) is 20.5. The predicted octanol–water partition coefficient (Wildman–Crippen LogP) is 5.83. The van der Waals surface area contributed by atoms with Gasteiger partial charge in [-0.2, -0.15) is 5.26 Å². The summed E-state index contributed by atoms with van der Waals surface area (Å²) in [7, 11) is 4.20. The number of methoxy groups -OCH3 is 2. The molecule has 0 radical (unpaired) electrons. The van der Waals surface area contributed by atoms with E-state index in [9.17, 15) is 24.4 Å². The molecule has 13 heteroatoms. The second-order valence-electron chi connectivity index (χ2n) is 13.9. The van der Waals surface area contributed by atoms with Gasteiger partial charge in [-0.15, -0.1) is 0 Å². The molecule has 4 amide bonds. The minimum Gasteiger partial charge on any atom is -0.496 e. The standard InChI is InChI=1S/C41H43N5O8/c1-24-35(43-36(47)25(2)44(6)40(51)54-41(3,4)5)38(49)45(23-31-30-12-10-9-11-27(30)18-20-34(31)52-7)32-19-13-26(22-42)21-33(32)46(24)37(48)28-14-16-29(17-15-28)39(50)53-8/h9-21,24-25,35H,23H2,1-8H3,(H,43,47)/t24-,25?,35-/m0/s1. The number of ether oxygens (including phenoxy) is 3. The van der Waals surface area contributed by atoms with Gasteiger partial charge in [-0.3, -0.25) is 19.3 Å². The third kappa shape index (κ3) is 7.83. The summed E-state index contributed by atoms with van der Waals surface area (Å²) >= 11 is 0. The van der Waals surface area contributed by atoms with Crippen molar-refractivity contribution in [1.29, 1.82) is 5.26 Å². The van der Waals surface area contributed by atoms with Gasteiger partial charge < -0.3 is 29.3 Å². The minimum atomic E-state index is -1.36. The fraction of sp³-hybridized carbons (Fsp3) is 0.317. The van der Waals surface area contributed by atoms with E-state index in [0.717, 1.165) is 15.7 Å². The van der Waals surface area contributed by atoms with Gasteiger partial charge in [0.15, 0.2) is 0 Å². The van der Waals surface area contributed by atoms with Crippen LogP contribution < -0.4 is 19.9 Å². The van der Waals surface area contributed by atoms with Crippen LogP contribution >= 0.6 is 0 Å². The topological polar surface area (TPSA) is 159 Å². The minimum absolute atomic E-state index is 0.0371. The Morgan fingerprint density at radius 1 is 0.944 bits per heavy atom. The molecule has 1 heterocycles. The van der Waals surface area contributed by atoms with Crippen LogP contribution in [-0.2, 0) is 25.6 Å². The molecule has 280 valence electrons. The number of hydrogen-bond acceptors (Lipinski definition) is 9. The van der Waals surface area contributed by atoms with Gasteiger partial charge >= 0.3 is 12.1 Å². The van der Waals surface area contributed by atoms with Crippen LogP contribution in [0.1, 0.15) is 66.5 Å². The molecule has 1 aliphatic rings. The molecule has 1 N–H and O–H groups in total. The first-order valence-corrected chi connectivity index (χ1v) is 17.3. The highest BCUT2D eigenvalue weighted by molar-refractivity contribution is 6.14. The molecule has 0 saturated heterocycles. The Hall–Kier alpha value is -6.42. The highest BCUT2D eigenvalue weighted by Crippen LogP contribution is 2.40. The smallest absolute Gasteiger partial charge is 0.410 e. The van der Waals surface area contributed by atoms with Crippen LogP contribution in [0.15, 0.2) is 78.9 Å². The van der Waals surface area contributed by atoms with Crippen molar-refractivity contribution in [3.63, 3.8) is 0 Å². The molecule has 0 aromatic heterocycles.